The van der Waals surface area contributed by atoms with Crippen LogP contribution in [-0.4, -0.2) is 14.5 Å². The van der Waals surface area contributed by atoms with Crippen LogP contribution in [0.5, 0.6) is 0 Å². The van der Waals surface area contributed by atoms with E-state index in [2.05, 4.69) is 168 Å². The Morgan fingerprint density at radius 3 is 1.97 bits per heavy atom. The highest BCUT2D eigenvalue weighted by atomic mass is 15.2. The summed E-state index contributed by atoms with van der Waals surface area (Å²) in [6, 6.07) is 61.0. The van der Waals surface area contributed by atoms with Gasteiger partial charge in [0.05, 0.1) is 22.2 Å². The monoisotopic (exact) mass is 755 g/mol. The van der Waals surface area contributed by atoms with Gasteiger partial charge >= 0.3 is 0 Å². The molecular formula is C56H41N3. The van der Waals surface area contributed by atoms with Gasteiger partial charge in [-0.25, -0.2) is 9.97 Å². The highest BCUT2D eigenvalue weighted by Crippen LogP contribution is 2.69. The Morgan fingerprint density at radius 1 is 0.441 bits per heavy atom. The molecule has 0 N–H and O–H groups in total. The first kappa shape index (κ1) is 32.4. The molecule has 3 heteroatoms. The van der Waals surface area contributed by atoms with E-state index in [1.54, 1.807) is 11.1 Å². The van der Waals surface area contributed by atoms with E-state index in [4.69, 9.17) is 9.97 Å². The maximum Gasteiger partial charge on any atom is 0.235 e. The fourth-order valence-electron chi connectivity index (χ4n) is 13.2. The van der Waals surface area contributed by atoms with Gasteiger partial charge in [0, 0.05) is 27.1 Å². The molecule has 0 radical (unpaired) electrons. The highest BCUT2D eigenvalue weighted by Gasteiger charge is 2.61. The lowest BCUT2D eigenvalue weighted by Crippen LogP contribution is -2.55. The largest absolute Gasteiger partial charge is 0.278 e. The van der Waals surface area contributed by atoms with E-state index in [0.29, 0.717) is 5.95 Å². The summed E-state index contributed by atoms with van der Waals surface area (Å²) in [7, 11) is 0. The molecule has 1 spiro atoms. The molecule has 8 aromatic carbocycles. The third-order valence-electron chi connectivity index (χ3n) is 15.4. The molecule has 4 fully saturated rings. The molecule has 5 aliphatic rings. The van der Waals surface area contributed by atoms with Crippen molar-refractivity contribution in [2.24, 2.45) is 23.7 Å². The van der Waals surface area contributed by atoms with Gasteiger partial charge in [-0.3, -0.25) is 4.57 Å². The normalized spacial score (nSPS) is 22.6. The number of aromatic nitrogens is 3. The zero-order valence-electron chi connectivity index (χ0n) is 32.8. The third kappa shape index (κ3) is 4.38. The molecule has 2 aromatic heterocycles. The number of benzene rings is 8. The van der Waals surface area contributed by atoms with E-state index in [1.807, 2.05) is 0 Å². The van der Waals surface area contributed by atoms with Crippen molar-refractivity contribution in [3.63, 3.8) is 0 Å². The molecule has 10 aromatic rings. The summed E-state index contributed by atoms with van der Waals surface area (Å²) in [5.74, 6) is 4.07. The standard InChI is InChI=1S/C56H41N3/c1-2-11-37-30-40(18-17-35(37)9-1)54-45-14-6-8-16-50(45)57-55(58-54)59-51-24-21-36-10-3-4-12-43(36)53(51)46-22-19-39(32-52(46)59)38-20-23-49-47(31-38)44-13-5-7-15-48(44)56(49)41-26-33-25-34(28-41)29-42(56)27-33/h1-24,30-34,41-42H,25-29H2. The molecule has 3 nitrogen and oxygen atoms in total. The third-order valence-corrected chi connectivity index (χ3v) is 15.4. The van der Waals surface area contributed by atoms with Crippen molar-refractivity contribution in [1.82, 2.24) is 14.5 Å². The average molecular weight is 756 g/mol. The van der Waals surface area contributed by atoms with Gasteiger partial charge in [-0.1, -0.05) is 133 Å². The quantitative estimate of drug-likeness (QED) is 0.180. The molecule has 15 rings (SSSR count). The second-order valence-electron chi connectivity index (χ2n) is 18.2. The van der Waals surface area contributed by atoms with Crippen LogP contribution in [0.25, 0.3) is 93.7 Å². The number of hydrogen-bond acceptors (Lipinski definition) is 2. The lowest BCUT2D eigenvalue weighted by molar-refractivity contribution is -0.0399. The molecule has 280 valence electrons. The molecule has 2 heterocycles. The number of hydrogen-bond donors (Lipinski definition) is 0. The van der Waals surface area contributed by atoms with Gasteiger partial charge < -0.3 is 0 Å². The Hall–Kier alpha value is -6.58. The minimum Gasteiger partial charge on any atom is -0.278 e. The molecule has 4 saturated carbocycles. The Bertz CT molecular complexity index is 3400. The summed E-state index contributed by atoms with van der Waals surface area (Å²) in [4.78, 5) is 10.9. The molecule has 4 bridgehead atoms. The molecule has 0 unspecified atom stereocenters. The summed E-state index contributed by atoms with van der Waals surface area (Å²) >= 11 is 0. The van der Waals surface area contributed by atoms with E-state index >= 15 is 0 Å². The smallest absolute Gasteiger partial charge is 0.235 e. The average Bonchev–Trinajstić information content (AvgIpc) is 3.78. The number of nitrogens with zero attached hydrogens (tertiary/aromatic N) is 3. The molecule has 59 heavy (non-hydrogen) atoms. The van der Waals surface area contributed by atoms with Crippen molar-refractivity contribution in [3.8, 4) is 39.5 Å². The summed E-state index contributed by atoms with van der Waals surface area (Å²) in [5.41, 5.74) is 14.0. The predicted octanol–water partition coefficient (Wildman–Crippen LogP) is 14.1. The number of para-hydroxylation sites is 1. The summed E-state index contributed by atoms with van der Waals surface area (Å²) < 4.78 is 2.32. The summed E-state index contributed by atoms with van der Waals surface area (Å²) in [6.45, 7) is 0. The van der Waals surface area contributed by atoms with Crippen molar-refractivity contribution in [3.05, 3.63) is 175 Å². The van der Waals surface area contributed by atoms with Crippen LogP contribution in [0.4, 0.5) is 0 Å². The van der Waals surface area contributed by atoms with Crippen LogP contribution in [0, 0.1) is 23.7 Å². The van der Waals surface area contributed by atoms with Crippen molar-refractivity contribution in [2.75, 3.05) is 0 Å². The lowest BCUT2D eigenvalue weighted by atomic mass is 9.43. The molecule has 5 aliphatic carbocycles. The Balaban J connectivity index is 0.999. The fraction of sp³-hybridized carbons (Fsp3) is 0.179. The number of rotatable bonds is 3. The second kappa shape index (κ2) is 11.8. The Morgan fingerprint density at radius 2 is 1.10 bits per heavy atom. The maximum absolute atomic E-state index is 5.51. The van der Waals surface area contributed by atoms with Crippen molar-refractivity contribution in [2.45, 2.75) is 37.5 Å². The van der Waals surface area contributed by atoms with Crippen LogP contribution < -0.4 is 0 Å². The minimum absolute atomic E-state index is 0.172. The Kier molecular flexibility index (Phi) is 6.46. The van der Waals surface area contributed by atoms with E-state index < -0.39 is 0 Å². The first-order chi connectivity index (χ1) is 29.2. The van der Waals surface area contributed by atoms with Gasteiger partial charge in [0.1, 0.15) is 0 Å². The summed E-state index contributed by atoms with van der Waals surface area (Å²) in [6.07, 6.45) is 7.08. The van der Waals surface area contributed by atoms with Gasteiger partial charge in [-0.2, -0.15) is 0 Å². The van der Waals surface area contributed by atoms with Gasteiger partial charge in [0.25, 0.3) is 0 Å². The van der Waals surface area contributed by atoms with Crippen LogP contribution >= 0.6 is 0 Å². The first-order valence-electron chi connectivity index (χ1n) is 21.7. The molecule has 0 amide bonds. The zero-order chi connectivity index (χ0) is 38.4. The van der Waals surface area contributed by atoms with Crippen LogP contribution in [0.2, 0.25) is 0 Å². The zero-order valence-corrected chi connectivity index (χ0v) is 32.8. The van der Waals surface area contributed by atoms with Gasteiger partial charge in [-0.05, 0) is 141 Å². The topological polar surface area (TPSA) is 30.7 Å². The maximum atomic E-state index is 5.51. The van der Waals surface area contributed by atoms with Crippen molar-refractivity contribution >= 4 is 54.3 Å². The van der Waals surface area contributed by atoms with E-state index in [1.165, 1.54) is 86.7 Å². The van der Waals surface area contributed by atoms with Gasteiger partial charge in [0.2, 0.25) is 5.95 Å². The highest BCUT2D eigenvalue weighted by molar-refractivity contribution is 6.21. The van der Waals surface area contributed by atoms with E-state index in [0.717, 1.165) is 56.9 Å². The SMILES string of the molecule is c1ccc2c(c1)-c1cc(-c3ccc4c5c6ccccc6ccc5n(-c5nc(-c6ccc7ccccc7c6)c6ccccc6n5)c4c3)ccc1C21C2CC3CC(C2)CC1C3. The van der Waals surface area contributed by atoms with E-state index in [-0.39, 0.29) is 5.41 Å². The molecule has 0 saturated heterocycles. The fourth-order valence-corrected chi connectivity index (χ4v) is 13.2. The van der Waals surface area contributed by atoms with Crippen LogP contribution in [0.15, 0.2) is 164 Å². The molecule has 0 atom stereocenters. The second-order valence-corrected chi connectivity index (χ2v) is 18.2. The van der Waals surface area contributed by atoms with Gasteiger partial charge in [-0.15, -0.1) is 0 Å². The van der Waals surface area contributed by atoms with Gasteiger partial charge in [0.15, 0.2) is 0 Å². The van der Waals surface area contributed by atoms with E-state index in [9.17, 15) is 0 Å². The van der Waals surface area contributed by atoms with Crippen LogP contribution in [0.3, 0.4) is 0 Å². The number of fused-ring (bicyclic) bond motifs is 10. The Labute approximate surface area is 343 Å². The van der Waals surface area contributed by atoms with Crippen LogP contribution in [0.1, 0.15) is 43.2 Å². The lowest BCUT2D eigenvalue weighted by Gasteiger charge is -2.61. The van der Waals surface area contributed by atoms with Crippen molar-refractivity contribution < 1.29 is 0 Å². The van der Waals surface area contributed by atoms with Crippen molar-refractivity contribution in [1.29, 1.82) is 0 Å². The summed E-state index contributed by atoms with van der Waals surface area (Å²) in [5, 5.41) is 8.40. The predicted molar refractivity (Wildman–Crippen MR) is 243 cm³/mol. The first-order valence-corrected chi connectivity index (χ1v) is 21.7. The van der Waals surface area contributed by atoms with Crippen LogP contribution in [-0.2, 0) is 5.41 Å². The minimum atomic E-state index is 0.172. The molecular weight excluding hydrogens is 715 g/mol. The molecule has 0 aliphatic heterocycles.